The Morgan fingerprint density at radius 2 is 0.457 bits per heavy atom. The fourth-order valence-electron chi connectivity index (χ4n) is 4.98. The zero-order chi connectivity index (χ0) is 34.6. The van der Waals surface area contributed by atoms with E-state index in [1.807, 2.05) is 0 Å². The summed E-state index contributed by atoms with van der Waals surface area (Å²) in [5.41, 5.74) is 0. The van der Waals surface area contributed by atoms with Crippen molar-refractivity contribution >= 4 is 0 Å². The first-order valence-electron chi connectivity index (χ1n) is 14.2. The maximum absolute atomic E-state index is 9.84. The zero-order valence-corrected chi connectivity index (χ0v) is 24.0. The van der Waals surface area contributed by atoms with Crippen molar-refractivity contribution < 1.29 is 110 Å². The highest BCUT2D eigenvalue weighted by Crippen LogP contribution is 2.29. The molecule has 46 heavy (non-hydrogen) atoms. The minimum Gasteiger partial charge on any atom is -0.394 e. The lowest BCUT2D eigenvalue weighted by Crippen LogP contribution is -2.63. The predicted octanol–water partition coefficient (Wildman–Crippen LogP) is -10.8. The van der Waals surface area contributed by atoms with Gasteiger partial charge in [0, 0.05) is 0 Å². The Morgan fingerprint density at radius 3 is 0.609 bits per heavy atom. The van der Waals surface area contributed by atoms with Crippen LogP contribution in [0.25, 0.3) is 0 Å². The van der Waals surface area contributed by atoms with Crippen LogP contribution in [0.2, 0.25) is 0 Å². The van der Waals surface area contributed by atoms with Gasteiger partial charge in [-0.25, -0.2) is 0 Å². The van der Waals surface area contributed by atoms with E-state index in [9.17, 15) is 61.3 Å². The first-order chi connectivity index (χ1) is 21.6. The zero-order valence-electron chi connectivity index (χ0n) is 24.0. The Kier molecular flexibility index (Phi) is 14.8. The fraction of sp³-hybridized carbons (Fsp3) is 1.00. The lowest BCUT2D eigenvalue weighted by atomic mass is 9.98. The van der Waals surface area contributed by atoms with Gasteiger partial charge in [0.1, 0.15) is 97.7 Å². The molecule has 4 rings (SSSR count). The summed E-state index contributed by atoms with van der Waals surface area (Å²) in [5, 5.41) is 153. The summed E-state index contributed by atoms with van der Waals surface area (Å²) in [4.78, 5) is 0. The molecule has 4 unspecified atom stereocenters. The van der Waals surface area contributed by atoms with Crippen molar-refractivity contribution in [1.82, 2.24) is 0 Å². The highest BCUT2D eigenvalue weighted by Gasteiger charge is 2.51. The minimum atomic E-state index is -1.72. The minimum absolute atomic E-state index is 0.667. The van der Waals surface area contributed by atoms with Crippen molar-refractivity contribution in [2.24, 2.45) is 0 Å². The lowest BCUT2D eigenvalue weighted by Gasteiger charge is -2.44. The predicted molar refractivity (Wildman–Crippen MR) is 137 cm³/mol. The van der Waals surface area contributed by atoms with Gasteiger partial charge in [-0.2, -0.15) is 0 Å². The monoisotopic (exact) mass is 684 g/mol. The standard InChI is InChI=1S/2C12H22O11/c2*13-1-3-5(15)7(17)9(19)11(21-3)23-12-10(20)8(18)6(16)4(2-14)22-12/h2*3-20H,1-2H2/t3-,4+,5-,6+,7+,8-,9-,10+,11?,12?;3-,4-,5-,6-,7+,8+,9-,10-,11?,12?/m.1/s1. The molecule has 0 spiro atoms. The van der Waals surface area contributed by atoms with Crippen LogP contribution in [0.5, 0.6) is 0 Å². The number of ether oxygens (including phenoxy) is 6. The molecule has 4 fully saturated rings. The van der Waals surface area contributed by atoms with Gasteiger partial charge in [0.05, 0.1) is 26.4 Å². The molecular formula is C24H44O22. The third-order valence-corrected chi connectivity index (χ3v) is 7.93. The van der Waals surface area contributed by atoms with E-state index in [1.165, 1.54) is 0 Å². The molecule has 22 heteroatoms. The van der Waals surface area contributed by atoms with Gasteiger partial charge in [-0.1, -0.05) is 0 Å². The fourth-order valence-corrected chi connectivity index (χ4v) is 4.98. The quantitative estimate of drug-likeness (QED) is 0.113. The molecule has 16 N–H and O–H groups in total. The maximum atomic E-state index is 9.84. The van der Waals surface area contributed by atoms with Crippen molar-refractivity contribution in [3.8, 4) is 0 Å². The van der Waals surface area contributed by atoms with E-state index in [4.69, 9.17) is 48.8 Å². The van der Waals surface area contributed by atoms with E-state index in [2.05, 4.69) is 0 Å². The van der Waals surface area contributed by atoms with Crippen molar-refractivity contribution in [2.45, 2.75) is 123 Å². The highest BCUT2D eigenvalue weighted by atomic mass is 16.8. The SMILES string of the molecule is OC[C@@H]1OC(OC2O[C@H](CO)[C@@H](O)[C@H](O)[C@H]2O)[C@@H](O)[C@H](O)[C@H]1O.OC[C@H]1OC(OC2O[C@H](CO)[C@@H](O)[C@H](O)[C@H]2O)[C@H](O)[C@@H](O)[C@@H]1O. The molecule has 0 bridgehead atoms. The number of hydrogen-bond acceptors (Lipinski definition) is 22. The van der Waals surface area contributed by atoms with Crippen LogP contribution in [0, 0.1) is 0 Å². The molecule has 4 heterocycles. The Morgan fingerprint density at radius 1 is 0.283 bits per heavy atom. The van der Waals surface area contributed by atoms with Crippen LogP contribution in [-0.2, 0) is 28.4 Å². The average Bonchev–Trinajstić information content (AvgIpc) is 3.05. The molecule has 0 aromatic heterocycles. The lowest BCUT2D eigenvalue weighted by molar-refractivity contribution is -0.376. The second-order valence-corrected chi connectivity index (χ2v) is 11.1. The van der Waals surface area contributed by atoms with Crippen LogP contribution in [-0.4, -0.2) is 231 Å². The van der Waals surface area contributed by atoms with Gasteiger partial charge in [0.2, 0.25) is 0 Å². The first-order valence-corrected chi connectivity index (χ1v) is 14.2. The van der Waals surface area contributed by atoms with Gasteiger partial charge in [0.25, 0.3) is 0 Å². The van der Waals surface area contributed by atoms with Crippen molar-refractivity contribution in [3.63, 3.8) is 0 Å². The molecule has 0 aliphatic carbocycles. The first kappa shape index (κ1) is 39.6. The molecule has 0 aromatic rings. The molecule has 0 radical (unpaired) electrons. The average molecular weight is 685 g/mol. The van der Waals surface area contributed by atoms with Crippen LogP contribution in [0.3, 0.4) is 0 Å². The van der Waals surface area contributed by atoms with Crippen LogP contribution in [0.1, 0.15) is 0 Å². The molecule has 0 saturated carbocycles. The second kappa shape index (κ2) is 17.2. The Hall–Kier alpha value is -0.880. The Bertz CT molecular complexity index is 758. The number of rotatable bonds is 8. The van der Waals surface area contributed by atoms with Gasteiger partial charge in [0.15, 0.2) is 25.2 Å². The summed E-state index contributed by atoms with van der Waals surface area (Å²) in [7, 11) is 0. The van der Waals surface area contributed by atoms with E-state index in [-0.39, 0.29) is 0 Å². The summed E-state index contributed by atoms with van der Waals surface area (Å²) in [5.74, 6) is 0. The third kappa shape index (κ3) is 8.45. The normalized spacial score (nSPS) is 51.7. The number of aliphatic hydroxyl groups is 16. The summed E-state index contributed by atoms with van der Waals surface area (Å²) in [6.45, 7) is -2.67. The number of hydrogen-bond donors (Lipinski definition) is 16. The Labute approximate surface area is 260 Å². The van der Waals surface area contributed by atoms with Crippen LogP contribution >= 0.6 is 0 Å². The summed E-state index contributed by atoms with van der Waals surface area (Å²) in [6.07, 6.45) is -31.2. The molecular weight excluding hydrogens is 640 g/mol. The summed E-state index contributed by atoms with van der Waals surface area (Å²) >= 11 is 0. The third-order valence-electron chi connectivity index (χ3n) is 7.93. The van der Waals surface area contributed by atoms with Gasteiger partial charge in [-0.15, -0.1) is 0 Å². The molecule has 4 saturated heterocycles. The smallest absolute Gasteiger partial charge is 0.189 e. The molecule has 20 atom stereocenters. The van der Waals surface area contributed by atoms with Crippen LogP contribution in [0.4, 0.5) is 0 Å². The van der Waals surface area contributed by atoms with Crippen molar-refractivity contribution in [3.05, 3.63) is 0 Å². The summed E-state index contributed by atoms with van der Waals surface area (Å²) in [6, 6.07) is 0. The van der Waals surface area contributed by atoms with Crippen molar-refractivity contribution in [2.75, 3.05) is 26.4 Å². The van der Waals surface area contributed by atoms with E-state index in [0.29, 0.717) is 0 Å². The van der Waals surface area contributed by atoms with Crippen LogP contribution < -0.4 is 0 Å². The van der Waals surface area contributed by atoms with Gasteiger partial charge in [-0.05, 0) is 0 Å². The topological polar surface area (TPSA) is 379 Å². The number of aliphatic hydroxyl groups excluding tert-OH is 16. The van der Waals surface area contributed by atoms with Gasteiger partial charge >= 0.3 is 0 Å². The second-order valence-electron chi connectivity index (χ2n) is 11.1. The molecule has 0 aromatic carbocycles. The molecule has 4 aliphatic rings. The van der Waals surface area contributed by atoms with Crippen LogP contribution in [0.15, 0.2) is 0 Å². The Balaban J connectivity index is 0.000000250. The molecule has 22 nitrogen and oxygen atoms in total. The van der Waals surface area contributed by atoms with E-state index < -0.39 is 149 Å². The van der Waals surface area contributed by atoms with Gasteiger partial charge < -0.3 is 110 Å². The van der Waals surface area contributed by atoms with Gasteiger partial charge in [-0.3, -0.25) is 0 Å². The largest absolute Gasteiger partial charge is 0.394 e. The van der Waals surface area contributed by atoms with E-state index >= 15 is 0 Å². The van der Waals surface area contributed by atoms with E-state index in [1.54, 1.807) is 0 Å². The summed E-state index contributed by atoms with van der Waals surface area (Å²) < 4.78 is 30.6. The highest BCUT2D eigenvalue weighted by molar-refractivity contribution is 4.93. The molecule has 0 amide bonds. The molecule has 272 valence electrons. The maximum Gasteiger partial charge on any atom is 0.189 e. The van der Waals surface area contributed by atoms with Crippen molar-refractivity contribution in [1.29, 1.82) is 0 Å². The molecule has 4 aliphatic heterocycles. The van der Waals surface area contributed by atoms with E-state index in [0.717, 1.165) is 0 Å².